The minimum atomic E-state index is -0.0587. The van der Waals surface area contributed by atoms with Gasteiger partial charge in [0.15, 0.2) is 0 Å². The Morgan fingerprint density at radius 1 is 1.32 bits per heavy atom. The van der Waals surface area contributed by atoms with Crippen LogP contribution in [0.2, 0.25) is 0 Å². The van der Waals surface area contributed by atoms with Crippen molar-refractivity contribution in [3.8, 4) is 0 Å². The Labute approximate surface area is 117 Å². The Balaban J connectivity index is 2.24. The molecule has 0 radical (unpaired) electrons. The second-order valence-corrected chi connectivity index (χ2v) is 6.22. The Bertz CT molecular complexity index is 263. The summed E-state index contributed by atoms with van der Waals surface area (Å²) in [4.78, 5) is 11.8. The molecule has 1 rings (SSSR count). The molecular weight excluding hydrogens is 240 g/mol. The SMILES string of the molecule is CC(CCN)CCC(=O)NCC1(CO)CCCCC1. The smallest absolute Gasteiger partial charge is 0.220 e. The summed E-state index contributed by atoms with van der Waals surface area (Å²) in [7, 11) is 0. The van der Waals surface area contributed by atoms with E-state index in [0.717, 1.165) is 25.7 Å². The van der Waals surface area contributed by atoms with E-state index in [1.54, 1.807) is 0 Å². The third kappa shape index (κ3) is 5.91. The van der Waals surface area contributed by atoms with E-state index < -0.39 is 0 Å². The maximum absolute atomic E-state index is 11.8. The zero-order chi connectivity index (χ0) is 14.1. The summed E-state index contributed by atoms with van der Waals surface area (Å²) < 4.78 is 0. The average Bonchev–Trinajstić information content (AvgIpc) is 2.44. The molecule has 1 amide bonds. The molecule has 0 bridgehead atoms. The van der Waals surface area contributed by atoms with Crippen LogP contribution in [-0.2, 0) is 4.79 Å². The molecule has 1 aliphatic rings. The van der Waals surface area contributed by atoms with Crippen molar-refractivity contribution in [3.63, 3.8) is 0 Å². The van der Waals surface area contributed by atoms with E-state index in [1.807, 2.05) is 0 Å². The number of aliphatic hydroxyl groups is 1. The third-order valence-electron chi connectivity index (χ3n) is 4.43. The highest BCUT2D eigenvalue weighted by Crippen LogP contribution is 2.35. The van der Waals surface area contributed by atoms with Crippen LogP contribution in [0.25, 0.3) is 0 Å². The number of aliphatic hydroxyl groups excluding tert-OH is 1. The maximum Gasteiger partial charge on any atom is 0.220 e. The molecule has 0 aromatic rings. The monoisotopic (exact) mass is 270 g/mol. The number of nitrogens with one attached hydrogen (secondary N) is 1. The summed E-state index contributed by atoms with van der Waals surface area (Å²) in [6.45, 7) is 3.65. The Morgan fingerprint density at radius 2 is 2.00 bits per heavy atom. The lowest BCUT2D eigenvalue weighted by Gasteiger charge is -2.35. The van der Waals surface area contributed by atoms with Crippen LogP contribution >= 0.6 is 0 Å². The molecule has 112 valence electrons. The quantitative estimate of drug-likeness (QED) is 0.629. The van der Waals surface area contributed by atoms with Gasteiger partial charge in [-0.25, -0.2) is 0 Å². The molecule has 1 aliphatic carbocycles. The van der Waals surface area contributed by atoms with Gasteiger partial charge in [0.2, 0.25) is 5.91 Å². The fourth-order valence-corrected chi connectivity index (χ4v) is 2.87. The lowest BCUT2D eigenvalue weighted by atomic mass is 9.74. The summed E-state index contributed by atoms with van der Waals surface area (Å²) in [6.07, 6.45) is 8.12. The summed E-state index contributed by atoms with van der Waals surface area (Å²) in [5.41, 5.74) is 5.44. The molecule has 4 heteroatoms. The van der Waals surface area contributed by atoms with Crippen LogP contribution in [0.5, 0.6) is 0 Å². The lowest BCUT2D eigenvalue weighted by molar-refractivity contribution is -0.122. The number of hydrogen-bond donors (Lipinski definition) is 3. The molecule has 1 atom stereocenters. The fraction of sp³-hybridized carbons (Fsp3) is 0.933. The van der Waals surface area contributed by atoms with Crippen LogP contribution in [0, 0.1) is 11.3 Å². The van der Waals surface area contributed by atoms with E-state index in [0.29, 0.717) is 25.4 Å². The van der Waals surface area contributed by atoms with Crippen molar-refractivity contribution >= 4 is 5.91 Å². The molecule has 4 nitrogen and oxygen atoms in total. The Morgan fingerprint density at radius 3 is 2.58 bits per heavy atom. The van der Waals surface area contributed by atoms with Crippen molar-refractivity contribution in [3.05, 3.63) is 0 Å². The standard InChI is InChI=1S/C15H30N2O2/c1-13(7-10-16)5-6-14(19)17-11-15(12-18)8-3-2-4-9-15/h13,18H,2-12,16H2,1H3,(H,17,19). The van der Waals surface area contributed by atoms with Gasteiger partial charge >= 0.3 is 0 Å². The van der Waals surface area contributed by atoms with Gasteiger partial charge in [0.05, 0.1) is 6.61 Å². The predicted molar refractivity (Wildman–Crippen MR) is 77.7 cm³/mol. The van der Waals surface area contributed by atoms with Crippen molar-refractivity contribution in [1.82, 2.24) is 5.32 Å². The summed E-state index contributed by atoms with van der Waals surface area (Å²) >= 11 is 0. The summed E-state index contributed by atoms with van der Waals surface area (Å²) in [5, 5.41) is 12.6. The zero-order valence-corrected chi connectivity index (χ0v) is 12.3. The van der Waals surface area contributed by atoms with Gasteiger partial charge in [-0.1, -0.05) is 26.2 Å². The Kier molecular flexibility index (Phi) is 7.39. The van der Waals surface area contributed by atoms with Gasteiger partial charge in [0.1, 0.15) is 0 Å². The minimum Gasteiger partial charge on any atom is -0.396 e. The van der Waals surface area contributed by atoms with Gasteiger partial charge < -0.3 is 16.2 Å². The van der Waals surface area contributed by atoms with E-state index in [-0.39, 0.29) is 17.9 Å². The van der Waals surface area contributed by atoms with Crippen LogP contribution in [0.15, 0.2) is 0 Å². The van der Waals surface area contributed by atoms with Crippen molar-refractivity contribution in [2.75, 3.05) is 19.7 Å². The van der Waals surface area contributed by atoms with Crippen LogP contribution < -0.4 is 11.1 Å². The number of nitrogens with two attached hydrogens (primary N) is 1. The van der Waals surface area contributed by atoms with Gasteiger partial charge in [0, 0.05) is 18.4 Å². The molecular formula is C15H30N2O2. The van der Waals surface area contributed by atoms with E-state index in [1.165, 1.54) is 19.3 Å². The number of amides is 1. The highest BCUT2D eigenvalue weighted by atomic mass is 16.3. The molecule has 0 aliphatic heterocycles. The zero-order valence-electron chi connectivity index (χ0n) is 12.3. The first-order chi connectivity index (χ1) is 9.12. The summed E-state index contributed by atoms with van der Waals surface area (Å²) in [5.74, 6) is 0.625. The highest BCUT2D eigenvalue weighted by molar-refractivity contribution is 5.75. The van der Waals surface area contributed by atoms with Gasteiger partial charge in [0.25, 0.3) is 0 Å². The normalized spacial score (nSPS) is 19.9. The topological polar surface area (TPSA) is 75.4 Å². The molecule has 0 aromatic carbocycles. The first-order valence-electron chi connectivity index (χ1n) is 7.69. The molecule has 1 fully saturated rings. The predicted octanol–water partition coefficient (Wildman–Crippen LogP) is 1.81. The molecule has 0 heterocycles. The second-order valence-electron chi connectivity index (χ2n) is 6.22. The minimum absolute atomic E-state index is 0.0587. The molecule has 19 heavy (non-hydrogen) atoms. The average molecular weight is 270 g/mol. The van der Waals surface area contributed by atoms with Crippen molar-refractivity contribution < 1.29 is 9.90 Å². The van der Waals surface area contributed by atoms with E-state index in [9.17, 15) is 9.90 Å². The van der Waals surface area contributed by atoms with E-state index in [2.05, 4.69) is 12.2 Å². The maximum atomic E-state index is 11.8. The number of carbonyl (C=O) groups is 1. The highest BCUT2D eigenvalue weighted by Gasteiger charge is 2.31. The summed E-state index contributed by atoms with van der Waals surface area (Å²) in [6, 6.07) is 0. The molecule has 0 spiro atoms. The van der Waals surface area contributed by atoms with Crippen LogP contribution in [0.1, 0.15) is 58.3 Å². The van der Waals surface area contributed by atoms with Gasteiger partial charge in [-0.05, 0) is 38.1 Å². The van der Waals surface area contributed by atoms with Gasteiger partial charge in [-0.3, -0.25) is 4.79 Å². The van der Waals surface area contributed by atoms with Crippen LogP contribution in [-0.4, -0.2) is 30.7 Å². The molecule has 4 N–H and O–H groups in total. The largest absolute Gasteiger partial charge is 0.396 e. The van der Waals surface area contributed by atoms with Crippen molar-refractivity contribution in [1.29, 1.82) is 0 Å². The first-order valence-corrected chi connectivity index (χ1v) is 7.69. The lowest BCUT2D eigenvalue weighted by Crippen LogP contribution is -2.41. The molecule has 1 unspecified atom stereocenters. The van der Waals surface area contributed by atoms with Gasteiger partial charge in [-0.2, -0.15) is 0 Å². The van der Waals surface area contributed by atoms with E-state index in [4.69, 9.17) is 5.73 Å². The number of rotatable bonds is 8. The number of carbonyl (C=O) groups excluding carboxylic acids is 1. The van der Waals surface area contributed by atoms with E-state index >= 15 is 0 Å². The van der Waals surface area contributed by atoms with Crippen LogP contribution in [0.4, 0.5) is 0 Å². The van der Waals surface area contributed by atoms with Crippen LogP contribution in [0.3, 0.4) is 0 Å². The van der Waals surface area contributed by atoms with Crippen molar-refractivity contribution in [2.45, 2.75) is 58.3 Å². The Hall–Kier alpha value is -0.610. The van der Waals surface area contributed by atoms with Crippen molar-refractivity contribution in [2.24, 2.45) is 17.1 Å². The molecule has 0 saturated heterocycles. The van der Waals surface area contributed by atoms with Gasteiger partial charge in [-0.15, -0.1) is 0 Å². The fourth-order valence-electron chi connectivity index (χ4n) is 2.87. The first kappa shape index (κ1) is 16.4. The third-order valence-corrected chi connectivity index (χ3v) is 4.43. The number of hydrogen-bond acceptors (Lipinski definition) is 3. The second kappa shape index (κ2) is 8.54. The molecule has 1 saturated carbocycles. The molecule has 0 aromatic heterocycles.